The quantitative estimate of drug-likeness (QED) is 0.312. The van der Waals surface area contributed by atoms with Crippen LogP contribution < -0.4 is 4.74 Å². The summed E-state index contributed by atoms with van der Waals surface area (Å²) in [7, 11) is -4.82. The van der Waals surface area contributed by atoms with Crippen molar-refractivity contribution in [2.24, 2.45) is 0 Å². The summed E-state index contributed by atoms with van der Waals surface area (Å²) in [5.41, 5.74) is -2.47. The Morgan fingerprint density at radius 2 is 1.52 bits per heavy atom. The molecule has 142 valence electrons. The first kappa shape index (κ1) is 21.6. The van der Waals surface area contributed by atoms with E-state index in [9.17, 15) is 18.3 Å². The number of aliphatic hydroxyl groups is 1. The number of hydrogen-bond donors (Lipinski definition) is 2. The summed E-state index contributed by atoms with van der Waals surface area (Å²) in [4.78, 5) is 11.7. The monoisotopic (exact) mass is 372 g/mol. The minimum atomic E-state index is -4.82. The molecule has 1 unspecified atom stereocenters. The molecule has 0 spiro atoms. The van der Waals surface area contributed by atoms with Crippen LogP contribution in [-0.4, -0.2) is 35.9 Å². The molecule has 0 saturated carbocycles. The van der Waals surface area contributed by atoms with E-state index in [4.69, 9.17) is 9.29 Å². The maximum absolute atomic E-state index is 11.7. The highest BCUT2D eigenvalue weighted by molar-refractivity contribution is 7.87. The average Bonchev–Trinajstić information content (AvgIpc) is 2.59. The van der Waals surface area contributed by atoms with E-state index in [1.54, 1.807) is 0 Å². The highest BCUT2D eigenvalue weighted by Crippen LogP contribution is 2.16. The second-order valence-electron chi connectivity index (χ2n) is 6.08. The molecule has 0 bridgehead atoms. The lowest BCUT2D eigenvalue weighted by Gasteiger charge is -2.09. The molecule has 0 heterocycles. The Bertz CT molecular complexity index is 609. The van der Waals surface area contributed by atoms with Gasteiger partial charge in [0.05, 0.1) is 6.61 Å². The van der Waals surface area contributed by atoms with Crippen molar-refractivity contribution in [3.63, 3.8) is 0 Å². The van der Waals surface area contributed by atoms with Crippen molar-refractivity contribution in [2.45, 2.75) is 63.7 Å². The van der Waals surface area contributed by atoms with Crippen LogP contribution in [0.2, 0.25) is 0 Å². The average molecular weight is 372 g/mol. The van der Waals surface area contributed by atoms with Crippen molar-refractivity contribution in [3.05, 3.63) is 29.8 Å². The van der Waals surface area contributed by atoms with Gasteiger partial charge in [0.2, 0.25) is 11.2 Å². The third-order valence-electron chi connectivity index (χ3n) is 3.91. The third-order valence-corrected chi connectivity index (χ3v) is 4.69. The van der Waals surface area contributed by atoms with E-state index in [-0.39, 0.29) is 5.56 Å². The molecule has 1 rings (SSSR count). The van der Waals surface area contributed by atoms with Gasteiger partial charge >= 0.3 is 0 Å². The zero-order valence-electron chi connectivity index (χ0n) is 14.7. The van der Waals surface area contributed by atoms with Crippen LogP contribution >= 0.6 is 0 Å². The zero-order valence-corrected chi connectivity index (χ0v) is 15.5. The fourth-order valence-corrected chi connectivity index (χ4v) is 2.83. The molecule has 6 nitrogen and oxygen atoms in total. The number of unbranched alkanes of at least 4 members (excludes halogenated alkanes) is 7. The van der Waals surface area contributed by atoms with Gasteiger partial charge in [-0.3, -0.25) is 9.35 Å². The molecule has 0 aliphatic rings. The number of rotatable bonds is 13. The van der Waals surface area contributed by atoms with Crippen LogP contribution in [-0.2, 0) is 10.1 Å². The molecule has 0 amide bonds. The minimum Gasteiger partial charge on any atom is -0.494 e. The lowest BCUT2D eigenvalue weighted by atomic mass is 10.1. The van der Waals surface area contributed by atoms with Crippen molar-refractivity contribution < 1.29 is 27.6 Å². The molecule has 1 atom stereocenters. The number of carbonyl (C=O) groups is 1. The lowest BCUT2D eigenvalue weighted by molar-refractivity contribution is 0.0848. The number of hydrogen-bond acceptors (Lipinski definition) is 5. The van der Waals surface area contributed by atoms with Gasteiger partial charge in [-0.05, 0) is 30.7 Å². The largest absolute Gasteiger partial charge is 0.494 e. The fourth-order valence-electron chi connectivity index (χ4n) is 2.42. The molecule has 25 heavy (non-hydrogen) atoms. The molecule has 0 saturated heterocycles. The van der Waals surface area contributed by atoms with Gasteiger partial charge in [0.1, 0.15) is 5.75 Å². The van der Waals surface area contributed by atoms with Gasteiger partial charge in [-0.25, -0.2) is 0 Å². The number of ketones is 1. The molecule has 0 aliphatic carbocycles. The van der Waals surface area contributed by atoms with E-state index in [1.165, 1.54) is 62.8 Å². The van der Waals surface area contributed by atoms with Crippen molar-refractivity contribution in [3.8, 4) is 5.75 Å². The first-order chi connectivity index (χ1) is 11.9. The van der Waals surface area contributed by atoms with Crippen LogP contribution in [0, 0.1) is 0 Å². The lowest BCUT2D eigenvalue weighted by Crippen LogP contribution is -2.29. The van der Waals surface area contributed by atoms with E-state index < -0.39 is 21.3 Å². The van der Waals surface area contributed by atoms with Crippen molar-refractivity contribution in [2.75, 3.05) is 6.61 Å². The van der Waals surface area contributed by atoms with Gasteiger partial charge in [0, 0.05) is 5.56 Å². The standard InChI is InChI=1S/C18H28O6S/c1-2-3-4-5-6-7-8-9-14-24-16-12-10-15(11-13-16)17(19)18(20)25(21,22)23/h10-13,18,20H,2-9,14H2,1H3,(H,21,22,23). The molecule has 0 radical (unpaired) electrons. The second kappa shape index (κ2) is 11.2. The minimum absolute atomic E-state index is 0.00967. The molecule has 0 aliphatic heterocycles. The summed E-state index contributed by atoms with van der Waals surface area (Å²) in [6.07, 6.45) is 9.69. The van der Waals surface area contributed by atoms with E-state index in [0.29, 0.717) is 12.4 Å². The van der Waals surface area contributed by atoms with Gasteiger partial charge in [-0.1, -0.05) is 51.9 Å². The summed E-state index contributed by atoms with van der Waals surface area (Å²) in [6.45, 7) is 2.78. The number of aliphatic hydroxyl groups excluding tert-OH is 1. The fraction of sp³-hybridized carbons (Fsp3) is 0.611. The summed E-state index contributed by atoms with van der Waals surface area (Å²) < 4.78 is 35.8. The molecule has 2 N–H and O–H groups in total. The van der Waals surface area contributed by atoms with Gasteiger partial charge in [0.15, 0.2) is 0 Å². The van der Waals surface area contributed by atoms with Gasteiger partial charge in [-0.2, -0.15) is 8.42 Å². The van der Waals surface area contributed by atoms with Crippen LogP contribution in [0.15, 0.2) is 24.3 Å². The van der Waals surface area contributed by atoms with Crippen molar-refractivity contribution >= 4 is 15.9 Å². The Morgan fingerprint density at radius 1 is 1.00 bits per heavy atom. The smallest absolute Gasteiger partial charge is 0.299 e. The van der Waals surface area contributed by atoms with Crippen molar-refractivity contribution in [1.29, 1.82) is 0 Å². The second-order valence-corrected chi connectivity index (χ2v) is 7.56. The van der Waals surface area contributed by atoms with E-state index in [2.05, 4.69) is 6.92 Å². The molecule has 1 aromatic carbocycles. The molecule has 1 aromatic rings. The predicted octanol–water partition coefficient (Wildman–Crippen LogP) is 3.60. The first-order valence-corrected chi connectivity index (χ1v) is 10.3. The SMILES string of the molecule is CCCCCCCCCCOc1ccc(C(=O)C(O)S(=O)(=O)O)cc1. The number of carbonyl (C=O) groups excluding carboxylic acids is 1. The Morgan fingerprint density at radius 3 is 2.04 bits per heavy atom. The van der Waals surface area contributed by atoms with Crippen molar-refractivity contribution in [1.82, 2.24) is 0 Å². The zero-order chi connectivity index (χ0) is 18.7. The first-order valence-electron chi connectivity index (χ1n) is 8.77. The van der Waals surface area contributed by atoms with Gasteiger partial charge < -0.3 is 9.84 Å². The van der Waals surface area contributed by atoms with Crippen LogP contribution in [0.25, 0.3) is 0 Å². The summed E-state index contributed by atoms with van der Waals surface area (Å²) >= 11 is 0. The highest BCUT2D eigenvalue weighted by atomic mass is 32.2. The van der Waals surface area contributed by atoms with E-state index in [0.717, 1.165) is 12.8 Å². The summed E-state index contributed by atoms with van der Waals surface area (Å²) in [6, 6.07) is 5.79. The molecule has 0 aromatic heterocycles. The molecular formula is C18H28O6S. The van der Waals surface area contributed by atoms with Gasteiger partial charge in [-0.15, -0.1) is 0 Å². The molecular weight excluding hydrogens is 344 g/mol. The number of benzene rings is 1. The Hall–Kier alpha value is -1.44. The summed E-state index contributed by atoms with van der Waals surface area (Å²) in [5, 5.41) is 9.25. The molecule has 0 fully saturated rings. The van der Waals surface area contributed by atoms with E-state index in [1.807, 2.05) is 0 Å². The van der Waals surface area contributed by atoms with E-state index >= 15 is 0 Å². The number of Topliss-reactive ketones (excluding diaryl/α,β-unsaturated/α-hetero) is 1. The van der Waals surface area contributed by atoms with Crippen LogP contribution in [0.5, 0.6) is 5.75 Å². The highest BCUT2D eigenvalue weighted by Gasteiger charge is 2.29. The predicted molar refractivity (Wildman–Crippen MR) is 96.4 cm³/mol. The van der Waals surface area contributed by atoms with Crippen LogP contribution in [0.3, 0.4) is 0 Å². The maximum Gasteiger partial charge on any atom is 0.299 e. The van der Waals surface area contributed by atoms with Gasteiger partial charge in [0.25, 0.3) is 10.1 Å². The number of ether oxygens (including phenoxy) is 1. The topological polar surface area (TPSA) is 101 Å². The molecule has 7 heteroatoms. The normalized spacial score (nSPS) is 12.8. The Balaban J connectivity index is 2.28. The summed E-state index contributed by atoms with van der Waals surface area (Å²) in [5.74, 6) is -0.502. The van der Waals surface area contributed by atoms with Crippen LogP contribution in [0.4, 0.5) is 0 Å². The third kappa shape index (κ3) is 8.47. The maximum atomic E-state index is 11.7. The Kier molecular flexibility index (Phi) is 9.70. The Labute approximate surface area is 150 Å². The van der Waals surface area contributed by atoms with Crippen LogP contribution in [0.1, 0.15) is 68.6 Å².